The van der Waals surface area contributed by atoms with Crippen molar-refractivity contribution in [1.29, 1.82) is 0 Å². The lowest BCUT2D eigenvalue weighted by Crippen LogP contribution is -2.43. The molecule has 2 aliphatic rings. The van der Waals surface area contributed by atoms with Crippen molar-refractivity contribution in [3.63, 3.8) is 0 Å². The Morgan fingerprint density at radius 3 is 2.67 bits per heavy atom. The number of rotatable bonds is 2. The van der Waals surface area contributed by atoms with E-state index in [1.165, 1.54) is 11.3 Å². The Bertz CT molecular complexity index is 733. The first-order valence-corrected chi connectivity index (χ1v) is 7.89. The summed E-state index contributed by atoms with van der Waals surface area (Å²) in [4.78, 5) is 31.6. The van der Waals surface area contributed by atoms with Gasteiger partial charge < -0.3 is 14.7 Å². The molecule has 1 aromatic heterocycles. The monoisotopic (exact) mass is 327 g/mol. The highest BCUT2D eigenvalue weighted by atomic mass is 16.5. The third kappa shape index (κ3) is 2.49. The van der Waals surface area contributed by atoms with Gasteiger partial charge in [0, 0.05) is 38.0 Å². The predicted molar refractivity (Wildman–Crippen MR) is 83.3 cm³/mol. The number of hydrogen-bond acceptors (Lipinski definition) is 5. The lowest BCUT2D eigenvalue weighted by atomic mass is 9.88. The normalized spacial score (nSPS) is 23.6. The van der Waals surface area contributed by atoms with E-state index in [2.05, 4.69) is 15.5 Å². The van der Waals surface area contributed by atoms with Gasteiger partial charge in [0.2, 0.25) is 6.39 Å². The number of nitrogens with zero attached hydrogens (tertiary/aromatic N) is 4. The highest BCUT2D eigenvalue weighted by Crippen LogP contribution is 2.38. The third-order valence-electron chi connectivity index (χ3n) is 4.62. The fourth-order valence-corrected chi connectivity index (χ4v) is 3.43. The Morgan fingerprint density at radius 2 is 2.00 bits per heavy atom. The molecule has 8 nitrogen and oxygen atoms in total. The number of carbonyl (C=O) groups excluding carboxylic acids is 2. The summed E-state index contributed by atoms with van der Waals surface area (Å²) in [7, 11) is 0. The summed E-state index contributed by atoms with van der Waals surface area (Å²) in [5.74, 6) is 0.601. The molecule has 3 heterocycles. The average Bonchev–Trinajstić information content (AvgIpc) is 3.35. The summed E-state index contributed by atoms with van der Waals surface area (Å²) in [6, 6.07) is 9.38. The Morgan fingerprint density at radius 1 is 1.21 bits per heavy atom. The molecule has 0 saturated carbocycles. The van der Waals surface area contributed by atoms with Crippen LogP contribution in [0.2, 0.25) is 0 Å². The molecule has 1 aromatic carbocycles. The number of aromatic nitrogens is 2. The van der Waals surface area contributed by atoms with E-state index in [-0.39, 0.29) is 23.9 Å². The summed E-state index contributed by atoms with van der Waals surface area (Å²) in [5.41, 5.74) is 1.12. The van der Waals surface area contributed by atoms with Gasteiger partial charge in [0.1, 0.15) is 0 Å². The van der Waals surface area contributed by atoms with Crippen molar-refractivity contribution in [2.75, 3.05) is 26.2 Å². The Kier molecular flexibility index (Phi) is 3.64. The van der Waals surface area contributed by atoms with Crippen LogP contribution in [-0.4, -0.2) is 58.2 Å². The fourth-order valence-electron chi connectivity index (χ4n) is 3.43. The summed E-state index contributed by atoms with van der Waals surface area (Å²) in [6.07, 6.45) is 1.30. The van der Waals surface area contributed by atoms with Crippen molar-refractivity contribution in [3.05, 3.63) is 48.1 Å². The number of urea groups is 2. The highest BCUT2D eigenvalue weighted by molar-refractivity contribution is 5.95. The van der Waals surface area contributed by atoms with Crippen LogP contribution in [0.3, 0.4) is 0 Å². The van der Waals surface area contributed by atoms with Crippen LogP contribution in [0.25, 0.3) is 0 Å². The second kappa shape index (κ2) is 5.95. The van der Waals surface area contributed by atoms with Gasteiger partial charge in [0.05, 0.1) is 0 Å². The molecule has 124 valence electrons. The minimum atomic E-state index is -0.334. The number of benzene rings is 1. The van der Waals surface area contributed by atoms with Crippen LogP contribution in [0.5, 0.6) is 0 Å². The van der Waals surface area contributed by atoms with Gasteiger partial charge in [-0.05, 0) is 5.56 Å². The van der Waals surface area contributed by atoms with E-state index in [0.29, 0.717) is 32.0 Å². The molecule has 4 amide bonds. The molecule has 2 saturated heterocycles. The van der Waals surface area contributed by atoms with E-state index in [4.69, 9.17) is 4.52 Å². The number of imide groups is 1. The summed E-state index contributed by atoms with van der Waals surface area (Å²) >= 11 is 0. The molecule has 24 heavy (non-hydrogen) atoms. The zero-order valence-corrected chi connectivity index (χ0v) is 13.0. The molecule has 0 spiro atoms. The van der Waals surface area contributed by atoms with Gasteiger partial charge in [-0.25, -0.2) is 14.5 Å². The van der Waals surface area contributed by atoms with Crippen LogP contribution in [0.1, 0.15) is 23.2 Å². The maximum atomic E-state index is 12.7. The first kappa shape index (κ1) is 14.7. The molecule has 0 radical (unpaired) electrons. The minimum absolute atomic E-state index is 0.0548. The summed E-state index contributed by atoms with van der Waals surface area (Å²) in [5, 5.41) is 6.62. The number of hydrogen-bond donors (Lipinski definition) is 1. The summed E-state index contributed by atoms with van der Waals surface area (Å²) < 4.78 is 4.88. The fraction of sp³-hybridized carbons (Fsp3) is 0.375. The SMILES string of the molecule is O=C1NCCN1C(=O)N1C[C@H](c2ncon2)[C@H](c2ccccc2)C1. The van der Waals surface area contributed by atoms with Crippen LogP contribution in [-0.2, 0) is 0 Å². The molecule has 2 atom stereocenters. The van der Waals surface area contributed by atoms with E-state index in [1.807, 2.05) is 30.3 Å². The van der Waals surface area contributed by atoms with Gasteiger partial charge in [0.15, 0.2) is 5.82 Å². The first-order chi connectivity index (χ1) is 11.7. The van der Waals surface area contributed by atoms with Crippen LogP contribution < -0.4 is 5.32 Å². The maximum Gasteiger partial charge on any atom is 0.328 e. The van der Waals surface area contributed by atoms with Gasteiger partial charge in [-0.15, -0.1) is 0 Å². The van der Waals surface area contributed by atoms with Crippen molar-refractivity contribution in [1.82, 2.24) is 25.3 Å². The third-order valence-corrected chi connectivity index (χ3v) is 4.62. The molecule has 1 N–H and O–H groups in total. The van der Waals surface area contributed by atoms with Crippen molar-refractivity contribution in [3.8, 4) is 0 Å². The standard InChI is InChI=1S/C16H17N5O3/c22-15-17-6-7-21(15)16(23)20-8-12(11-4-2-1-3-5-11)13(9-20)14-18-10-24-19-14/h1-5,10,12-13H,6-9H2,(H,17,22)/t12-,13-/m0/s1. The van der Waals surface area contributed by atoms with Crippen LogP contribution in [0.4, 0.5) is 9.59 Å². The van der Waals surface area contributed by atoms with Gasteiger partial charge in [-0.1, -0.05) is 35.5 Å². The first-order valence-electron chi connectivity index (χ1n) is 7.89. The van der Waals surface area contributed by atoms with Gasteiger partial charge >= 0.3 is 12.1 Å². The number of nitrogens with one attached hydrogen (secondary N) is 1. The van der Waals surface area contributed by atoms with Crippen molar-refractivity contribution < 1.29 is 14.1 Å². The molecule has 2 aliphatic heterocycles. The summed E-state index contributed by atoms with van der Waals surface area (Å²) in [6.45, 7) is 1.87. The van der Waals surface area contributed by atoms with Crippen molar-refractivity contribution >= 4 is 12.1 Å². The Hall–Kier alpha value is -2.90. The van der Waals surface area contributed by atoms with Crippen LogP contribution in [0, 0.1) is 0 Å². The quantitative estimate of drug-likeness (QED) is 0.900. The van der Waals surface area contributed by atoms with Crippen molar-refractivity contribution in [2.45, 2.75) is 11.8 Å². The molecular formula is C16H17N5O3. The zero-order valence-electron chi connectivity index (χ0n) is 13.0. The Balaban J connectivity index is 1.61. The smallest absolute Gasteiger partial charge is 0.328 e. The van der Waals surface area contributed by atoms with Gasteiger partial charge in [-0.3, -0.25) is 0 Å². The molecule has 2 aromatic rings. The lowest BCUT2D eigenvalue weighted by molar-refractivity contribution is 0.171. The Labute approximate surface area is 138 Å². The van der Waals surface area contributed by atoms with Crippen LogP contribution >= 0.6 is 0 Å². The molecular weight excluding hydrogens is 310 g/mol. The molecule has 4 rings (SSSR count). The zero-order chi connectivity index (χ0) is 16.5. The van der Waals surface area contributed by atoms with Crippen molar-refractivity contribution in [2.24, 2.45) is 0 Å². The number of likely N-dealkylation sites (tertiary alicyclic amines) is 1. The lowest BCUT2D eigenvalue weighted by Gasteiger charge is -2.21. The largest absolute Gasteiger partial charge is 0.343 e. The number of amides is 4. The molecule has 8 heteroatoms. The van der Waals surface area contributed by atoms with E-state index >= 15 is 0 Å². The average molecular weight is 327 g/mol. The topological polar surface area (TPSA) is 91.6 Å². The molecule has 0 aliphatic carbocycles. The maximum absolute atomic E-state index is 12.7. The van der Waals surface area contributed by atoms with E-state index < -0.39 is 0 Å². The van der Waals surface area contributed by atoms with E-state index in [1.54, 1.807) is 4.90 Å². The van der Waals surface area contributed by atoms with E-state index in [9.17, 15) is 9.59 Å². The van der Waals surface area contributed by atoms with Gasteiger partial charge in [-0.2, -0.15) is 4.98 Å². The van der Waals surface area contributed by atoms with Crippen LogP contribution in [0.15, 0.2) is 41.2 Å². The second-order valence-electron chi connectivity index (χ2n) is 5.98. The highest BCUT2D eigenvalue weighted by Gasteiger charge is 2.42. The molecule has 2 fully saturated rings. The molecule has 0 unspecified atom stereocenters. The second-order valence-corrected chi connectivity index (χ2v) is 5.98. The molecule has 0 bridgehead atoms. The minimum Gasteiger partial charge on any atom is -0.343 e. The number of carbonyl (C=O) groups is 2. The van der Waals surface area contributed by atoms with Gasteiger partial charge in [0.25, 0.3) is 0 Å². The predicted octanol–water partition coefficient (Wildman–Crippen LogP) is 1.40. The van der Waals surface area contributed by atoms with E-state index in [0.717, 1.165) is 5.56 Å².